The number of fused-ring (bicyclic) bond motifs is 3. The van der Waals surface area contributed by atoms with Crippen LogP contribution in [0, 0.1) is 6.92 Å². The van der Waals surface area contributed by atoms with Gasteiger partial charge in [-0.05, 0) is 66.6 Å². The molecule has 0 amide bonds. The molecule has 6 aromatic rings. The fourth-order valence-electron chi connectivity index (χ4n) is 5.12. The second-order valence-corrected chi connectivity index (χ2v) is 11.0. The lowest BCUT2D eigenvalue weighted by molar-refractivity contribution is 1.17. The first-order valence-electron chi connectivity index (χ1n) is 12.6. The van der Waals surface area contributed by atoms with Crippen LogP contribution in [0.2, 0.25) is 5.02 Å². The Balaban J connectivity index is 1.54. The quantitative estimate of drug-likeness (QED) is 0.228. The SMILES string of the molecule is Cc1ccc(-c2cc(-c3ccc(Cl)cc3)nc3c(N4c5ccccc5Sc5ccccc54)cccc23)cc1. The average Bonchev–Trinajstić information content (AvgIpc) is 2.96. The third-order valence-corrected chi connectivity index (χ3v) is 8.38. The Kier molecular flexibility index (Phi) is 5.69. The van der Waals surface area contributed by atoms with Gasteiger partial charge in [0.1, 0.15) is 0 Å². The Labute approximate surface area is 231 Å². The van der Waals surface area contributed by atoms with Crippen LogP contribution in [0.3, 0.4) is 0 Å². The minimum atomic E-state index is 0.716. The van der Waals surface area contributed by atoms with Crippen molar-refractivity contribution in [2.45, 2.75) is 16.7 Å². The van der Waals surface area contributed by atoms with E-state index in [0.29, 0.717) is 5.02 Å². The van der Waals surface area contributed by atoms with Gasteiger partial charge in [-0.1, -0.05) is 102 Å². The Bertz CT molecular complexity index is 1770. The number of halogens is 1. The summed E-state index contributed by atoms with van der Waals surface area (Å²) in [6.07, 6.45) is 0. The lowest BCUT2D eigenvalue weighted by atomic mass is 9.96. The van der Waals surface area contributed by atoms with Gasteiger partial charge in [-0.3, -0.25) is 0 Å². The van der Waals surface area contributed by atoms with Gasteiger partial charge in [0.2, 0.25) is 0 Å². The van der Waals surface area contributed by atoms with E-state index in [4.69, 9.17) is 16.6 Å². The molecule has 0 unspecified atom stereocenters. The largest absolute Gasteiger partial charge is 0.306 e. The van der Waals surface area contributed by atoms with Crippen molar-refractivity contribution >= 4 is 51.3 Å². The molecule has 2 nitrogen and oxygen atoms in total. The summed E-state index contributed by atoms with van der Waals surface area (Å²) in [5.41, 5.74) is 9.89. The number of rotatable bonds is 3. The topological polar surface area (TPSA) is 16.1 Å². The normalized spacial score (nSPS) is 12.3. The summed E-state index contributed by atoms with van der Waals surface area (Å²) >= 11 is 8.04. The van der Waals surface area contributed by atoms with Gasteiger partial charge in [0.15, 0.2) is 0 Å². The molecule has 0 radical (unpaired) electrons. The van der Waals surface area contributed by atoms with Crippen LogP contribution in [0.25, 0.3) is 33.3 Å². The number of hydrogen-bond donors (Lipinski definition) is 0. The summed E-state index contributed by atoms with van der Waals surface area (Å²) in [4.78, 5) is 10.1. The summed E-state index contributed by atoms with van der Waals surface area (Å²) < 4.78 is 0. The molecule has 2 heterocycles. The zero-order valence-electron chi connectivity index (χ0n) is 20.7. The summed E-state index contributed by atoms with van der Waals surface area (Å²) in [6.45, 7) is 2.12. The Morgan fingerprint density at radius 2 is 1.24 bits per heavy atom. The van der Waals surface area contributed by atoms with Crippen molar-refractivity contribution in [3.05, 3.63) is 132 Å². The maximum Gasteiger partial charge on any atom is 0.0956 e. The van der Waals surface area contributed by atoms with E-state index in [0.717, 1.165) is 33.4 Å². The van der Waals surface area contributed by atoms with Crippen LogP contribution < -0.4 is 4.90 Å². The summed E-state index contributed by atoms with van der Waals surface area (Å²) in [5.74, 6) is 0. The number of aryl methyl sites for hydroxylation is 1. The molecule has 4 heteroatoms. The maximum absolute atomic E-state index is 6.23. The van der Waals surface area contributed by atoms with Gasteiger partial charge >= 0.3 is 0 Å². The zero-order valence-corrected chi connectivity index (χ0v) is 22.3. The summed E-state index contributed by atoms with van der Waals surface area (Å²) in [5, 5.41) is 1.84. The van der Waals surface area contributed by atoms with Crippen molar-refractivity contribution in [2.24, 2.45) is 0 Å². The fourth-order valence-corrected chi connectivity index (χ4v) is 6.30. The molecule has 0 fully saturated rings. The Morgan fingerprint density at radius 1 is 0.632 bits per heavy atom. The molecule has 38 heavy (non-hydrogen) atoms. The van der Waals surface area contributed by atoms with Crippen LogP contribution in [-0.4, -0.2) is 4.98 Å². The molecule has 7 rings (SSSR count). The van der Waals surface area contributed by atoms with Crippen LogP contribution in [0.5, 0.6) is 0 Å². The summed E-state index contributed by atoms with van der Waals surface area (Å²) in [7, 11) is 0. The minimum Gasteiger partial charge on any atom is -0.306 e. The molecule has 0 saturated heterocycles. The molecule has 182 valence electrons. The third kappa shape index (κ3) is 3.96. The lowest BCUT2D eigenvalue weighted by Crippen LogP contribution is -2.15. The minimum absolute atomic E-state index is 0.716. The highest BCUT2D eigenvalue weighted by molar-refractivity contribution is 7.99. The highest BCUT2D eigenvalue weighted by Gasteiger charge is 2.26. The molecule has 5 aromatic carbocycles. The van der Waals surface area contributed by atoms with Crippen molar-refractivity contribution < 1.29 is 0 Å². The van der Waals surface area contributed by atoms with Crippen molar-refractivity contribution in [3.63, 3.8) is 0 Å². The number of hydrogen-bond acceptors (Lipinski definition) is 3. The van der Waals surface area contributed by atoms with Crippen molar-refractivity contribution in [1.82, 2.24) is 4.98 Å². The van der Waals surface area contributed by atoms with Crippen molar-refractivity contribution in [1.29, 1.82) is 0 Å². The van der Waals surface area contributed by atoms with E-state index >= 15 is 0 Å². The van der Waals surface area contributed by atoms with Crippen LogP contribution >= 0.6 is 23.4 Å². The molecule has 1 aliphatic rings. The van der Waals surface area contributed by atoms with Gasteiger partial charge in [0, 0.05) is 25.8 Å². The number of aromatic nitrogens is 1. The van der Waals surface area contributed by atoms with E-state index in [9.17, 15) is 0 Å². The van der Waals surface area contributed by atoms with Crippen LogP contribution in [0.4, 0.5) is 17.1 Å². The van der Waals surface area contributed by atoms with E-state index in [1.165, 1.54) is 32.3 Å². The standard InChI is InChI=1S/C34H23ClN2S/c1-22-13-15-23(16-14-22)27-21-28(24-17-19-25(35)20-18-24)36-34-26(27)7-6-10-31(34)37-29-8-2-4-11-32(29)38-33-12-5-3-9-30(33)37/h2-21H,1H3. The monoisotopic (exact) mass is 526 g/mol. The molecular formula is C34H23ClN2S. The van der Waals surface area contributed by atoms with Gasteiger partial charge in [0.25, 0.3) is 0 Å². The Hall–Kier alpha value is -4.05. The molecule has 0 bridgehead atoms. The zero-order chi connectivity index (χ0) is 25.6. The number of nitrogens with zero attached hydrogens (tertiary/aromatic N) is 2. The molecule has 1 aliphatic heterocycles. The third-order valence-electron chi connectivity index (χ3n) is 6.99. The molecule has 1 aromatic heterocycles. The predicted molar refractivity (Wildman–Crippen MR) is 161 cm³/mol. The van der Waals surface area contributed by atoms with Crippen molar-refractivity contribution in [3.8, 4) is 22.4 Å². The van der Waals surface area contributed by atoms with Crippen LogP contribution in [-0.2, 0) is 0 Å². The maximum atomic E-state index is 6.23. The highest BCUT2D eigenvalue weighted by Crippen LogP contribution is 2.52. The number of benzene rings is 5. The van der Waals surface area contributed by atoms with Gasteiger partial charge in [-0.2, -0.15) is 0 Å². The average molecular weight is 527 g/mol. The lowest BCUT2D eigenvalue weighted by Gasteiger charge is -2.33. The van der Waals surface area contributed by atoms with Crippen LogP contribution in [0.1, 0.15) is 5.56 Å². The van der Waals surface area contributed by atoms with E-state index in [-0.39, 0.29) is 0 Å². The molecule has 0 spiro atoms. The first kappa shape index (κ1) is 23.1. The molecule has 0 saturated carbocycles. The van der Waals surface area contributed by atoms with Crippen LogP contribution in [0.15, 0.2) is 131 Å². The Morgan fingerprint density at radius 3 is 1.92 bits per heavy atom. The summed E-state index contributed by atoms with van der Waals surface area (Å²) in [6, 6.07) is 42.6. The first-order chi connectivity index (χ1) is 18.7. The first-order valence-corrected chi connectivity index (χ1v) is 13.8. The van der Waals surface area contributed by atoms with Gasteiger partial charge in [-0.25, -0.2) is 4.98 Å². The number of pyridine rings is 1. The number of anilines is 3. The number of para-hydroxylation sites is 3. The van der Waals surface area contributed by atoms with Gasteiger partial charge in [-0.15, -0.1) is 0 Å². The fraction of sp³-hybridized carbons (Fsp3) is 0.0294. The molecule has 0 N–H and O–H groups in total. The van der Waals surface area contributed by atoms with E-state index in [2.05, 4.69) is 109 Å². The van der Waals surface area contributed by atoms with E-state index in [1.54, 1.807) is 0 Å². The second-order valence-electron chi connectivity index (χ2n) is 9.47. The van der Waals surface area contributed by atoms with E-state index < -0.39 is 0 Å². The molecule has 0 atom stereocenters. The van der Waals surface area contributed by atoms with Gasteiger partial charge < -0.3 is 4.90 Å². The molecular weight excluding hydrogens is 504 g/mol. The van der Waals surface area contributed by atoms with E-state index in [1.807, 2.05) is 36.0 Å². The smallest absolute Gasteiger partial charge is 0.0956 e. The second kappa shape index (κ2) is 9.36. The van der Waals surface area contributed by atoms with Crippen molar-refractivity contribution in [2.75, 3.05) is 4.90 Å². The predicted octanol–water partition coefficient (Wildman–Crippen LogP) is 10.5. The van der Waals surface area contributed by atoms with Gasteiger partial charge in [0.05, 0.1) is 28.3 Å². The highest BCUT2D eigenvalue weighted by atomic mass is 35.5. The molecule has 0 aliphatic carbocycles.